The average Bonchev–Trinajstić information content (AvgIpc) is 1.88. The van der Waals surface area contributed by atoms with Gasteiger partial charge in [-0.1, -0.05) is 0 Å². The van der Waals surface area contributed by atoms with Crippen molar-refractivity contribution in [2.75, 3.05) is 0 Å². The minimum atomic E-state index is -0.0907. The highest BCUT2D eigenvalue weighted by molar-refractivity contribution is 14.2. The Morgan fingerprint density at radius 1 is 1.40 bits per heavy atom. The molecule has 0 aliphatic carbocycles. The molecule has 2 nitrogen and oxygen atoms in total. The zero-order valence-corrected chi connectivity index (χ0v) is 9.51. The lowest BCUT2D eigenvalue weighted by molar-refractivity contribution is -0.141. The molecule has 1 heterocycles. The van der Waals surface area contributed by atoms with Gasteiger partial charge in [-0.05, 0) is 51.6 Å². The SMILES string of the molecule is O=C1CCCC(=C(I)I)O1. The summed E-state index contributed by atoms with van der Waals surface area (Å²) < 4.78 is 6.03. The van der Waals surface area contributed by atoms with E-state index in [1.54, 1.807) is 0 Å². The van der Waals surface area contributed by atoms with Gasteiger partial charge in [-0.3, -0.25) is 4.79 Å². The summed E-state index contributed by atoms with van der Waals surface area (Å²) in [5, 5.41) is 0. The molecule has 4 heteroatoms. The van der Waals surface area contributed by atoms with Gasteiger partial charge in [-0.15, -0.1) is 0 Å². The lowest BCUT2D eigenvalue weighted by atomic mass is 10.2. The summed E-state index contributed by atoms with van der Waals surface area (Å²) in [6, 6.07) is 0. The Morgan fingerprint density at radius 2 is 2.10 bits per heavy atom. The van der Waals surface area contributed by atoms with E-state index in [1.165, 1.54) is 0 Å². The number of carbonyl (C=O) groups excluding carboxylic acids is 1. The van der Waals surface area contributed by atoms with Crippen LogP contribution >= 0.6 is 45.2 Å². The van der Waals surface area contributed by atoms with E-state index >= 15 is 0 Å². The number of cyclic esters (lactones) is 1. The molecule has 0 amide bonds. The number of ether oxygens (including phenoxy) is 1. The van der Waals surface area contributed by atoms with Crippen molar-refractivity contribution in [1.29, 1.82) is 0 Å². The maximum absolute atomic E-state index is 10.7. The van der Waals surface area contributed by atoms with Crippen LogP contribution < -0.4 is 0 Å². The van der Waals surface area contributed by atoms with E-state index in [1.807, 2.05) is 0 Å². The van der Waals surface area contributed by atoms with Crippen LogP contribution in [0.4, 0.5) is 0 Å². The zero-order chi connectivity index (χ0) is 7.56. The molecule has 1 aliphatic heterocycles. The van der Waals surface area contributed by atoms with Gasteiger partial charge >= 0.3 is 5.97 Å². The molecule has 0 unspecified atom stereocenters. The Balaban J connectivity index is 2.64. The van der Waals surface area contributed by atoms with Gasteiger partial charge in [0.25, 0.3) is 0 Å². The van der Waals surface area contributed by atoms with E-state index < -0.39 is 0 Å². The number of rotatable bonds is 0. The van der Waals surface area contributed by atoms with Gasteiger partial charge in [0.1, 0.15) is 5.76 Å². The van der Waals surface area contributed by atoms with Gasteiger partial charge in [-0.2, -0.15) is 0 Å². The lowest BCUT2D eigenvalue weighted by Gasteiger charge is -2.13. The van der Waals surface area contributed by atoms with Crippen LogP contribution in [0.15, 0.2) is 7.35 Å². The first-order chi connectivity index (χ1) is 4.70. The molecule has 0 N–H and O–H groups in total. The largest absolute Gasteiger partial charge is 0.429 e. The van der Waals surface area contributed by atoms with Crippen molar-refractivity contribution < 1.29 is 9.53 Å². The van der Waals surface area contributed by atoms with Crippen LogP contribution in [0.1, 0.15) is 19.3 Å². The third-order valence-corrected chi connectivity index (χ3v) is 2.44. The van der Waals surface area contributed by atoms with Crippen molar-refractivity contribution >= 4 is 51.2 Å². The van der Waals surface area contributed by atoms with Gasteiger partial charge in [0.15, 0.2) is 0 Å². The summed E-state index contributed by atoms with van der Waals surface area (Å²) in [7, 11) is 0. The molecule has 0 radical (unpaired) electrons. The normalized spacial score (nSPS) is 18.6. The number of allylic oxidation sites excluding steroid dienone is 1. The van der Waals surface area contributed by atoms with Crippen LogP contribution in [0, 0.1) is 0 Å². The fourth-order valence-corrected chi connectivity index (χ4v) is 1.53. The van der Waals surface area contributed by atoms with E-state index in [4.69, 9.17) is 4.74 Å². The Morgan fingerprint density at radius 3 is 2.50 bits per heavy atom. The standard InChI is InChI=1S/C6H6I2O2/c7-6(8)4-2-1-3-5(9)10-4/h1-3H2. The molecule has 56 valence electrons. The van der Waals surface area contributed by atoms with E-state index in [2.05, 4.69) is 45.2 Å². The molecular formula is C6H6I2O2. The number of esters is 1. The highest BCUT2D eigenvalue weighted by Crippen LogP contribution is 2.28. The molecule has 1 fully saturated rings. The van der Waals surface area contributed by atoms with E-state index in [9.17, 15) is 4.79 Å². The van der Waals surface area contributed by atoms with Gasteiger partial charge in [-0.25, -0.2) is 0 Å². The van der Waals surface area contributed by atoms with E-state index in [-0.39, 0.29) is 5.97 Å². The summed E-state index contributed by atoms with van der Waals surface area (Å²) >= 11 is 4.32. The predicted molar refractivity (Wildman–Crippen MR) is 55.0 cm³/mol. The smallest absolute Gasteiger partial charge is 0.310 e. The third-order valence-electron chi connectivity index (χ3n) is 1.23. The highest BCUT2D eigenvalue weighted by atomic mass is 127. The average molecular weight is 364 g/mol. The summed E-state index contributed by atoms with van der Waals surface area (Å²) in [6.07, 6.45) is 2.42. The minimum Gasteiger partial charge on any atom is -0.429 e. The first-order valence-electron chi connectivity index (χ1n) is 2.95. The highest BCUT2D eigenvalue weighted by Gasteiger charge is 2.15. The Hall–Kier alpha value is 0.670. The van der Waals surface area contributed by atoms with Crippen molar-refractivity contribution in [3.63, 3.8) is 0 Å². The second kappa shape index (κ2) is 3.89. The molecule has 0 aromatic heterocycles. The molecule has 1 aliphatic rings. The molecule has 0 aromatic rings. The molecule has 1 saturated heterocycles. The van der Waals surface area contributed by atoms with Gasteiger partial charge in [0, 0.05) is 12.8 Å². The second-order valence-electron chi connectivity index (χ2n) is 2.01. The molecular weight excluding hydrogens is 358 g/mol. The van der Waals surface area contributed by atoms with Crippen molar-refractivity contribution in [1.82, 2.24) is 0 Å². The van der Waals surface area contributed by atoms with Crippen LogP contribution in [-0.4, -0.2) is 5.97 Å². The maximum atomic E-state index is 10.7. The third kappa shape index (κ3) is 2.37. The van der Waals surface area contributed by atoms with Crippen LogP contribution in [0.3, 0.4) is 0 Å². The predicted octanol–water partition coefficient (Wildman–Crippen LogP) is 2.75. The molecule has 0 atom stereocenters. The minimum absolute atomic E-state index is 0.0907. The van der Waals surface area contributed by atoms with Crippen LogP contribution in [0.5, 0.6) is 0 Å². The Labute approximate surface area is 86.7 Å². The van der Waals surface area contributed by atoms with Gasteiger partial charge < -0.3 is 4.74 Å². The van der Waals surface area contributed by atoms with Crippen molar-refractivity contribution in [2.24, 2.45) is 0 Å². The quantitative estimate of drug-likeness (QED) is 0.488. The first kappa shape index (κ1) is 8.76. The number of hydrogen-bond acceptors (Lipinski definition) is 2. The zero-order valence-electron chi connectivity index (χ0n) is 5.19. The van der Waals surface area contributed by atoms with E-state index in [0.29, 0.717) is 6.42 Å². The maximum Gasteiger partial charge on any atom is 0.310 e. The topological polar surface area (TPSA) is 26.3 Å². The van der Waals surface area contributed by atoms with Crippen molar-refractivity contribution in [3.05, 3.63) is 7.35 Å². The fraction of sp³-hybridized carbons (Fsp3) is 0.500. The van der Waals surface area contributed by atoms with Crippen LogP contribution in [0.25, 0.3) is 0 Å². The summed E-state index contributed by atoms with van der Waals surface area (Å²) in [4.78, 5) is 10.7. The molecule has 0 saturated carbocycles. The van der Waals surface area contributed by atoms with Crippen LogP contribution in [0.2, 0.25) is 0 Å². The molecule has 0 bridgehead atoms. The van der Waals surface area contributed by atoms with Crippen molar-refractivity contribution in [3.8, 4) is 0 Å². The molecule has 10 heavy (non-hydrogen) atoms. The van der Waals surface area contributed by atoms with Crippen LogP contribution in [-0.2, 0) is 9.53 Å². The Bertz CT molecular complexity index is 182. The van der Waals surface area contributed by atoms with Crippen molar-refractivity contribution in [2.45, 2.75) is 19.3 Å². The second-order valence-corrected chi connectivity index (χ2v) is 6.23. The van der Waals surface area contributed by atoms with E-state index in [0.717, 1.165) is 20.2 Å². The summed E-state index contributed by atoms with van der Waals surface area (Å²) in [6.45, 7) is 0. The van der Waals surface area contributed by atoms with Gasteiger partial charge in [0.05, 0.1) is 1.59 Å². The van der Waals surface area contributed by atoms with Gasteiger partial charge in [0.2, 0.25) is 0 Å². The first-order valence-corrected chi connectivity index (χ1v) is 5.10. The number of hydrogen-bond donors (Lipinski definition) is 0. The molecule has 1 rings (SSSR count). The number of halogens is 2. The Kier molecular flexibility index (Phi) is 3.41. The number of carbonyl (C=O) groups is 1. The lowest BCUT2D eigenvalue weighted by Crippen LogP contribution is -2.10. The summed E-state index contributed by atoms with van der Waals surface area (Å²) in [5.41, 5.74) is 0. The monoisotopic (exact) mass is 364 g/mol. The molecule has 0 aromatic carbocycles. The fourth-order valence-electron chi connectivity index (χ4n) is 0.766. The summed E-state index contributed by atoms with van der Waals surface area (Å²) in [5.74, 6) is 0.754. The molecule has 0 spiro atoms.